The molecule has 3 nitrogen and oxygen atoms in total. The van der Waals surface area contributed by atoms with E-state index in [1.807, 2.05) is 0 Å². The highest BCUT2D eigenvalue weighted by atomic mass is 16.5. The molecule has 3 rings (SSSR count). The van der Waals surface area contributed by atoms with E-state index in [0.29, 0.717) is 0 Å². The number of morpholine rings is 1. The van der Waals surface area contributed by atoms with Crippen LogP contribution in [0.25, 0.3) is 5.57 Å². The van der Waals surface area contributed by atoms with Crippen molar-refractivity contribution in [3.05, 3.63) is 41.5 Å². The van der Waals surface area contributed by atoms with Crippen molar-refractivity contribution in [2.45, 2.75) is 13.0 Å². The average molecular weight is 258 g/mol. The van der Waals surface area contributed by atoms with Crippen LogP contribution < -0.4 is 5.32 Å². The van der Waals surface area contributed by atoms with Gasteiger partial charge in [-0.15, -0.1) is 0 Å². The molecule has 3 heteroatoms. The second kappa shape index (κ2) is 6.33. The zero-order valence-electron chi connectivity index (χ0n) is 11.4. The Hall–Kier alpha value is -1.16. The van der Waals surface area contributed by atoms with Gasteiger partial charge >= 0.3 is 0 Å². The molecule has 1 fully saturated rings. The minimum atomic E-state index is 0.872. The van der Waals surface area contributed by atoms with Crippen LogP contribution in [0, 0.1) is 0 Å². The molecule has 2 aliphatic rings. The summed E-state index contributed by atoms with van der Waals surface area (Å²) in [4.78, 5) is 2.47. The first-order chi connectivity index (χ1) is 9.42. The molecule has 2 heterocycles. The summed E-state index contributed by atoms with van der Waals surface area (Å²) >= 11 is 0. The lowest BCUT2D eigenvalue weighted by molar-refractivity contribution is 0.0342. The first-order valence-electron chi connectivity index (χ1n) is 7.21. The van der Waals surface area contributed by atoms with Gasteiger partial charge in [0, 0.05) is 26.2 Å². The molecule has 19 heavy (non-hydrogen) atoms. The summed E-state index contributed by atoms with van der Waals surface area (Å²) in [5, 5.41) is 3.37. The van der Waals surface area contributed by atoms with Gasteiger partial charge in [-0.2, -0.15) is 0 Å². The van der Waals surface area contributed by atoms with Crippen molar-refractivity contribution in [1.29, 1.82) is 0 Å². The van der Waals surface area contributed by atoms with Crippen LogP contribution in [0.5, 0.6) is 0 Å². The predicted octanol–water partition coefficient (Wildman–Crippen LogP) is 1.90. The van der Waals surface area contributed by atoms with Crippen LogP contribution in [0.4, 0.5) is 0 Å². The van der Waals surface area contributed by atoms with E-state index in [-0.39, 0.29) is 0 Å². The van der Waals surface area contributed by atoms with E-state index < -0.39 is 0 Å². The number of benzene rings is 1. The van der Waals surface area contributed by atoms with E-state index >= 15 is 0 Å². The molecule has 1 aromatic carbocycles. The maximum atomic E-state index is 5.40. The summed E-state index contributed by atoms with van der Waals surface area (Å²) in [6.45, 7) is 6.99. The second-order valence-corrected chi connectivity index (χ2v) is 5.27. The van der Waals surface area contributed by atoms with E-state index in [0.717, 1.165) is 52.4 Å². The van der Waals surface area contributed by atoms with E-state index in [2.05, 4.69) is 40.6 Å². The maximum Gasteiger partial charge on any atom is 0.0594 e. The Kier molecular flexibility index (Phi) is 4.28. The molecular formula is C16H22N2O. The zero-order valence-corrected chi connectivity index (χ0v) is 11.4. The van der Waals surface area contributed by atoms with Gasteiger partial charge in [-0.25, -0.2) is 0 Å². The van der Waals surface area contributed by atoms with Crippen molar-refractivity contribution >= 4 is 5.57 Å². The molecule has 0 bridgehead atoms. The highest BCUT2D eigenvalue weighted by molar-refractivity contribution is 5.67. The van der Waals surface area contributed by atoms with Gasteiger partial charge in [0.05, 0.1) is 13.2 Å². The number of ether oxygens (including phenoxy) is 1. The van der Waals surface area contributed by atoms with Crippen LogP contribution in [0.3, 0.4) is 0 Å². The standard InChI is InChI=1S/C16H22N2O/c1-2-14(13-18-8-10-19-11-9-18)12-16(3-1)15-4-6-17-7-5-15/h1-4,12,17H,5-11,13H2. The molecule has 0 aromatic heterocycles. The normalized spacial score (nSPS) is 21.2. The molecule has 0 spiro atoms. The second-order valence-electron chi connectivity index (χ2n) is 5.27. The molecule has 0 unspecified atom stereocenters. The Morgan fingerprint density at radius 3 is 2.89 bits per heavy atom. The van der Waals surface area contributed by atoms with Crippen molar-refractivity contribution < 1.29 is 4.74 Å². The predicted molar refractivity (Wildman–Crippen MR) is 78.0 cm³/mol. The lowest BCUT2D eigenvalue weighted by atomic mass is 9.98. The largest absolute Gasteiger partial charge is 0.379 e. The summed E-state index contributed by atoms with van der Waals surface area (Å²) in [6, 6.07) is 9.02. The first kappa shape index (κ1) is 12.9. The van der Waals surface area contributed by atoms with Crippen molar-refractivity contribution in [2.24, 2.45) is 0 Å². The van der Waals surface area contributed by atoms with Crippen LogP contribution in [0.2, 0.25) is 0 Å². The molecule has 1 saturated heterocycles. The first-order valence-corrected chi connectivity index (χ1v) is 7.21. The van der Waals surface area contributed by atoms with Crippen LogP contribution in [0.15, 0.2) is 30.3 Å². The molecule has 0 amide bonds. The zero-order chi connectivity index (χ0) is 12.9. The average Bonchev–Trinajstić information content (AvgIpc) is 2.49. The van der Waals surface area contributed by atoms with Crippen LogP contribution >= 0.6 is 0 Å². The third-order valence-electron chi connectivity index (χ3n) is 3.87. The van der Waals surface area contributed by atoms with Crippen molar-refractivity contribution in [3.8, 4) is 0 Å². The lowest BCUT2D eigenvalue weighted by Crippen LogP contribution is -2.35. The van der Waals surface area contributed by atoms with Crippen molar-refractivity contribution in [3.63, 3.8) is 0 Å². The number of rotatable bonds is 3. The highest BCUT2D eigenvalue weighted by Gasteiger charge is 2.11. The fourth-order valence-corrected chi connectivity index (χ4v) is 2.77. The molecule has 0 radical (unpaired) electrons. The van der Waals surface area contributed by atoms with Crippen molar-refractivity contribution in [2.75, 3.05) is 39.4 Å². The molecule has 2 aliphatic heterocycles. The van der Waals surface area contributed by atoms with Gasteiger partial charge in [0.15, 0.2) is 0 Å². The number of nitrogens with zero attached hydrogens (tertiary/aromatic N) is 1. The van der Waals surface area contributed by atoms with Gasteiger partial charge in [0.2, 0.25) is 0 Å². The molecule has 0 saturated carbocycles. The van der Waals surface area contributed by atoms with E-state index in [1.54, 1.807) is 0 Å². The van der Waals surface area contributed by atoms with E-state index in [4.69, 9.17) is 4.74 Å². The Balaban J connectivity index is 1.70. The summed E-state index contributed by atoms with van der Waals surface area (Å²) in [5.74, 6) is 0. The van der Waals surface area contributed by atoms with Gasteiger partial charge in [-0.1, -0.05) is 30.3 Å². The summed E-state index contributed by atoms with van der Waals surface area (Å²) in [5.41, 5.74) is 4.30. The summed E-state index contributed by atoms with van der Waals surface area (Å²) in [7, 11) is 0. The van der Waals surface area contributed by atoms with Gasteiger partial charge in [-0.3, -0.25) is 4.90 Å². The van der Waals surface area contributed by atoms with Crippen LogP contribution in [0.1, 0.15) is 17.5 Å². The lowest BCUT2D eigenvalue weighted by Gasteiger charge is -2.26. The third-order valence-corrected chi connectivity index (χ3v) is 3.87. The highest BCUT2D eigenvalue weighted by Crippen LogP contribution is 2.21. The Labute approximate surface area is 115 Å². The van der Waals surface area contributed by atoms with Crippen LogP contribution in [-0.4, -0.2) is 44.3 Å². The fourth-order valence-electron chi connectivity index (χ4n) is 2.77. The van der Waals surface area contributed by atoms with Crippen molar-refractivity contribution in [1.82, 2.24) is 10.2 Å². The van der Waals surface area contributed by atoms with Gasteiger partial charge in [0.25, 0.3) is 0 Å². The molecule has 102 valence electrons. The monoisotopic (exact) mass is 258 g/mol. The van der Waals surface area contributed by atoms with E-state index in [9.17, 15) is 0 Å². The van der Waals surface area contributed by atoms with Crippen LogP contribution in [-0.2, 0) is 11.3 Å². The Morgan fingerprint density at radius 1 is 1.21 bits per heavy atom. The SMILES string of the molecule is C1=C(c2cccc(CN3CCOCC3)c2)CCNC1. The third kappa shape index (κ3) is 3.44. The topological polar surface area (TPSA) is 24.5 Å². The quantitative estimate of drug-likeness (QED) is 0.896. The Bertz CT molecular complexity index is 450. The molecule has 1 N–H and O–H groups in total. The van der Waals surface area contributed by atoms with E-state index in [1.165, 1.54) is 16.7 Å². The fraction of sp³-hybridized carbons (Fsp3) is 0.500. The minimum absolute atomic E-state index is 0.872. The molecule has 0 atom stereocenters. The Morgan fingerprint density at radius 2 is 2.11 bits per heavy atom. The molecule has 0 aliphatic carbocycles. The summed E-state index contributed by atoms with van der Waals surface area (Å²) < 4.78 is 5.40. The van der Waals surface area contributed by atoms with Gasteiger partial charge in [0.1, 0.15) is 0 Å². The number of hydrogen-bond donors (Lipinski definition) is 1. The number of hydrogen-bond acceptors (Lipinski definition) is 3. The van der Waals surface area contributed by atoms with Gasteiger partial charge < -0.3 is 10.1 Å². The number of nitrogens with one attached hydrogen (secondary N) is 1. The molecule has 1 aromatic rings. The molecular weight excluding hydrogens is 236 g/mol. The minimum Gasteiger partial charge on any atom is -0.379 e. The summed E-state index contributed by atoms with van der Waals surface area (Å²) in [6.07, 6.45) is 3.46. The maximum absolute atomic E-state index is 5.40. The smallest absolute Gasteiger partial charge is 0.0594 e. The van der Waals surface area contributed by atoms with Gasteiger partial charge in [-0.05, 0) is 29.7 Å².